The Morgan fingerprint density at radius 3 is 2.71 bits per heavy atom. The first-order valence-electron chi connectivity index (χ1n) is 5.19. The minimum Gasteiger partial charge on any atom is -0.353 e. The monoisotopic (exact) mass is 190 g/mol. The first-order valence-corrected chi connectivity index (χ1v) is 5.19. The van der Waals surface area contributed by atoms with Gasteiger partial charge < -0.3 is 10.2 Å². The fraction of sp³-hybridized carbons (Fsp3) is 0.600. The molecule has 0 aromatic carbocycles. The highest BCUT2D eigenvalue weighted by molar-refractivity contribution is 5.38. The van der Waals surface area contributed by atoms with Crippen molar-refractivity contribution in [2.75, 3.05) is 18.0 Å². The predicted octanol–water partition coefficient (Wildman–Crippen LogP) is 0.417. The zero-order valence-corrected chi connectivity index (χ0v) is 8.06. The van der Waals surface area contributed by atoms with E-state index in [9.17, 15) is 0 Å². The van der Waals surface area contributed by atoms with Crippen LogP contribution in [0.2, 0.25) is 0 Å². The SMILES string of the molecule is c1cc(N2C[C@H]3CC[C@@H](C2)N3)ncn1. The van der Waals surface area contributed by atoms with Crippen LogP contribution in [0.4, 0.5) is 5.82 Å². The third kappa shape index (κ3) is 1.35. The third-order valence-electron chi connectivity index (χ3n) is 3.11. The first-order chi connectivity index (χ1) is 6.92. The van der Waals surface area contributed by atoms with Crippen molar-refractivity contribution in [3.8, 4) is 0 Å². The normalized spacial score (nSPS) is 30.7. The second-order valence-electron chi connectivity index (χ2n) is 4.11. The number of hydrogen-bond donors (Lipinski definition) is 1. The highest BCUT2D eigenvalue weighted by atomic mass is 15.3. The van der Waals surface area contributed by atoms with Crippen LogP contribution in [0.15, 0.2) is 18.6 Å². The van der Waals surface area contributed by atoms with Crippen LogP contribution < -0.4 is 10.2 Å². The summed E-state index contributed by atoms with van der Waals surface area (Å²) < 4.78 is 0. The van der Waals surface area contributed by atoms with Crippen LogP contribution in [0.5, 0.6) is 0 Å². The predicted molar refractivity (Wildman–Crippen MR) is 54.2 cm³/mol. The molecule has 4 nitrogen and oxygen atoms in total. The van der Waals surface area contributed by atoms with E-state index >= 15 is 0 Å². The van der Waals surface area contributed by atoms with Gasteiger partial charge in [-0.1, -0.05) is 0 Å². The fourth-order valence-corrected chi connectivity index (χ4v) is 2.45. The van der Waals surface area contributed by atoms with Crippen molar-refractivity contribution >= 4 is 5.82 Å². The Bertz CT molecular complexity index is 301. The fourth-order valence-electron chi connectivity index (χ4n) is 2.45. The van der Waals surface area contributed by atoms with Crippen LogP contribution >= 0.6 is 0 Å². The molecule has 2 fully saturated rings. The van der Waals surface area contributed by atoms with Gasteiger partial charge in [-0.25, -0.2) is 9.97 Å². The molecule has 2 aliphatic rings. The summed E-state index contributed by atoms with van der Waals surface area (Å²) in [7, 11) is 0. The van der Waals surface area contributed by atoms with Gasteiger partial charge in [0.1, 0.15) is 12.1 Å². The Morgan fingerprint density at radius 1 is 1.29 bits per heavy atom. The maximum Gasteiger partial charge on any atom is 0.132 e. The molecule has 2 saturated heterocycles. The molecule has 74 valence electrons. The van der Waals surface area contributed by atoms with E-state index in [1.165, 1.54) is 12.8 Å². The van der Waals surface area contributed by atoms with Gasteiger partial charge in [-0.2, -0.15) is 0 Å². The number of aromatic nitrogens is 2. The Morgan fingerprint density at radius 2 is 2.07 bits per heavy atom. The van der Waals surface area contributed by atoms with Gasteiger partial charge in [0, 0.05) is 31.4 Å². The molecule has 14 heavy (non-hydrogen) atoms. The van der Waals surface area contributed by atoms with E-state index in [-0.39, 0.29) is 0 Å². The summed E-state index contributed by atoms with van der Waals surface area (Å²) in [6.07, 6.45) is 6.06. The lowest BCUT2D eigenvalue weighted by molar-refractivity contribution is 0.463. The molecule has 3 rings (SSSR count). The summed E-state index contributed by atoms with van der Waals surface area (Å²) in [4.78, 5) is 10.6. The molecule has 0 aliphatic carbocycles. The summed E-state index contributed by atoms with van der Waals surface area (Å²) in [6.45, 7) is 2.18. The highest BCUT2D eigenvalue weighted by Crippen LogP contribution is 2.23. The summed E-state index contributed by atoms with van der Waals surface area (Å²) in [5.74, 6) is 1.07. The minimum absolute atomic E-state index is 0.670. The van der Waals surface area contributed by atoms with Crippen molar-refractivity contribution in [2.24, 2.45) is 0 Å². The second kappa shape index (κ2) is 3.20. The molecular formula is C10H14N4. The van der Waals surface area contributed by atoms with Crippen LogP contribution in [-0.2, 0) is 0 Å². The van der Waals surface area contributed by atoms with Crippen molar-refractivity contribution in [1.82, 2.24) is 15.3 Å². The molecule has 1 aromatic rings. The van der Waals surface area contributed by atoms with E-state index in [4.69, 9.17) is 0 Å². The van der Waals surface area contributed by atoms with E-state index in [0.717, 1.165) is 18.9 Å². The number of rotatable bonds is 1. The Kier molecular flexibility index (Phi) is 1.87. The van der Waals surface area contributed by atoms with Gasteiger partial charge in [-0.15, -0.1) is 0 Å². The maximum absolute atomic E-state index is 4.29. The van der Waals surface area contributed by atoms with Gasteiger partial charge in [-0.3, -0.25) is 0 Å². The van der Waals surface area contributed by atoms with Gasteiger partial charge >= 0.3 is 0 Å². The molecule has 0 amide bonds. The van der Waals surface area contributed by atoms with E-state index in [1.54, 1.807) is 6.33 Å². The van der Waals surface area contributed by atoms with Crippen molar-refractivity contribution < 1.29 is 0 Å². The van der Waals surface area contributed by atoms with Crippen LogP contribution in [-0.4, -0.2) is 35.1 Å². The number of fused-ring (bicyclic) bond motifs is 2. The van der Waals surface area contributed by atoms with Crippen molar-refractivity contribution in [1.29, 1.82) is 0 Å². The smallest absolute Gasteiger partial charge is 0.132 e. The van der Waals surface area contributed by atoms with E-state index < -0.39 is 0 Å². The summed E-state index contributed by atoms with van der Waals surface area (Å²) in [6, 6.07) is 3.33. The highest BCUT2D eigenvalue weighted by Gasteiger charge is 2.32. The quantitative estimate of drug-likeness (QED) is 0.696. The molecule has 1 N–H and O–H groups in total. The Hall–Kier alpha value is -1.16. The maximum atomic E-state index is 4.29. The lowest BCUT2D eigenvalue weighted by Crippen LogP contribution is -2.51. The Balaban J connectivity index is 1.81. The summed E-state index contributed by atoms with van der Waals surface area (Å²) >= 11 is 0. The standard InChI is InChI=1S/C10H14N4/c1-2-9-6-14(5-8(1)13-9)10-3-4-11-7-12-10/h3-4,7-9,13H,1-2,5-6H2/t8-,9+. The molecule has 2 bridgehead atoms. The molecule has 0 radical (unpaired) electrons. The topological polar surface area (TPSA) is 41.0 Å². The van der Waals surface area contributed by atoms with Gasteiger partial charge in [0.25, 0.3) is 0 Å². The molecule has 0 unspecified atom stereocenters. The van der Waals surface area contributed by atoms with Crippen molar-refractivity contribution in [3.05, 3.63) is 18.6 Å². The molecule has 4 heteroatoms. The van der Waals surface area contributed by atoms with E-state index in [0.29, 0.717) is 12.1 Å². The zero-order valence-electron chi connectivity index (χ0n) is 8.06. The molecule has 2 aliphatic heterocycles. The number of nitrogens with zero attached hydrogens (tertiary/aromatic N) is 3. The largest absolute Gasteiger partial charge is 0.353 e. The zero-order chi connectivity index (χ0) is 9.38. The lowest BCUT2D eigenvalue weighted by Gasteiger charge is -2.33. The van der Waals surface area contributed by atoms with E-state index in [2.05, 4.69) is 20.2 Å². The first kappa shape index (κ1) is 8.17. The lowest BCUT2D eigenvalue weighted by atomic mass is 10.2. The van der Waals surface area contributed by atoms with Crippen LogP contribution in [0, 0.1) is 0 Å². The molecule has 1 aromatic heterocycles. The Labute approximate surface area is 83.4 Å². The molecule has 2 atom stereocenters. The van der Waals surface area contributed by atoms with E-state index in [1.807, 2.05) is 12.3 Å². The average Bonchev–Trinajstić information content (AvgIpc) is 2.59. The second-order valence-corrected chi connectivity index (χ2v) is 4.11. The molecule has 0 spiro atoms. The van der Waals surface area contributed by atoms with Crippen LogP contribution in [0.3, 0.4) is 0 Å². The molecular weight excluding hydrogens is 176 g/mol. The summed E-state index contributed by atoms with van der Waals surface area (Å²) in [5, 5.41) is 3.60. The number of nitrogens with one attached hydrogen (secondary N) is 1. The third-order valence-corrected chi connectivity index (χ3v) is 3.11. The molecule has 0 saturated carbocycles. The number of piperazine rings is 1. The van der Waals surface area contributed by atoms with Crippen molar-refractivity contribution in [2.45, 2.75) is 24.9 Å². The van der Waals surface area contributed by atoms with Gasteiger partial charge in [0.15, 0.2) is 0 Å². The number of anilines is 1. The van der Waals surface area contributed by atoms with Crippen LogP contribution in [0.1, 0.15) is 12.8 Å². The van der Waals surface area contributed by atoms with Crippen LogP contribution in [0.25, 0.3) is 0 Å². The average molecular weight is 190 g/mol. The minimum atomic E-state index is 0.670. The van der Waals surface area contributed by atoms with Gasteiger partial charge in [0.2, 0.25) is 0 Å². The van der Waals surface area contributed by atoms with Crippen molar-refractivity contribution in [3.63, 3.8) is 0 Å². The number of hydrogen-bond acceptors (Lipinski definition) is 4. The molecule has 3 heterocycles. The van der Waals surface area contributed by atoms with Gasteiger partial charge in [-0.05, 0) is 18.9 Å². The summed E-state index contributed by atoms with van der Waals surface area (Å²) in [5.41, 5.74) is 0. The van der Waals surface area contributed by atoms with Gasteiger partial charge in [0.05, 0.1) is 0 Å².